The molecule has 8 nitrogen and oxygen atoms in total. The Balaban J connectivity index is 1.39. The van der Waals surface area contributed by atoms with E-state index in [1.807, 2.05) is 26.6 Å². The molecule has 0 spiro atoms. The van der Waals surface area contributed by atoms with E-state index in [4.69, 9.17) is 4.52 Å². The highest BCUT2D eigenvalue weighted by Crippen LogP contribution is 2.19. The number of carbonyl (C=O) groups excluding carboxylic acids is 2. The minimum atomic E-state index is -0.0208. The van der Waals surface area contributed by atoms with Gasteiger partial charge in [-0.1, -0.05) is 11.2 Å². The first kappa shape index (κ1) is 19.2. The Bertz CT molecular complexity index is 766. The van der Waals surface area contributed by atoms with E-state index in [0.717, 1.165) is 5.56 Å². The van der Waals surface area contributed by atoms with Crippen LogP contribution in [0.4, 0.5) is 0 Å². The number of amides is 2. The number of nitrogens with zero attached hydrogens (tertiary/aromatic N) is 4. The summed E-state index contributed by atoms with van der Waals surface area (Å²) in [6, 6.07) is 1.93. The zero-order valence-corrected chi connectivity index (χ0v) is 15.9. The van der Waals surface area contributed by atoms with Crippen LogP contribution in [-0.4, -0.2) is 71.0 Å². The summed E-state index contributed by atoms with van der Waals surface area (Å²) in [5.74, 6) is 1.08. The Labute approximate surface area is 161 Å². The largest absolute Gasteiger partial charge is 0.352 e. The highest BCUT2D eigenvalue weighted by molar-refractivity contribution is 7.08. The molecular formula is C18H23N5O3S. The van der Waals surface area contributed by atoms with Gasteiger partial charge in [0.2, 0.25) is 23.5 Å². The zero-order chi connectivity index (χ0) is 19.1. The number of hydrogen-bond acceptors (Lipinski definition) is 7. The second-order valence-corrected chi connectivity index (χ2v) is 7.05. The van der Waals surface area contributed by atoms with Gasteiger partial charge in [-0.05, 0) is 11.4 Å². The summed E-state index contributed by atoms with van der Waals surface area (Å²) in [6.45, 7) is 7.03. The van der Waals surface area contributed by atoms with Crippen molar-refractivity contribution in [2.24, 2.45) is 0 Å². The molecular weight excluding hydrogens is 366 g/mol. The first-order valence-electron chi connectivity index (χ1n) is 8.88. The first-order chi connectivity index (χ1) is 13.2. The lowest BCUT2D eigenvalue weighted by molar-refractivity contribution is -0.133. The second-order valence-electron chi connectivity index (χ2n) is 6.27. The summed E-state index contributed by atoms with van der Waals surface area (Å²) in [5.41, 5.74) is 0.926. The van der Waals surface area contributed by atoms with E-state index in [1.54, 1.807) is 17.4 Å². The molecule has 1 saturated heterocycles. The quantitative estimate of drug-likeness (QED) is 0.682. The minimum absolute atomic E-state index is 0.0208. The fraction of sp³-hybridized carbons (Fsp3) is 0.444. The lowest BCUT2D eigenvalue weighted by Gasteiger charge is -2.34. The van der Waals surface area contributed by atoms with Crippen LogP contribution in [0.1, 0.15) is 12.3 Å². The van der Waals surface area contributed by atoms with Gasteiger partial charge < -0.3 is 14.7 Å². The van der Waals surface area contributed by atoms with Crippen molar-refractivity contribution < 1.29 is 14.1 Å². The van der Waals surface area contributed by atoms with Crippen LogP contribution in [0.25, 0.3) is 11.4 Å². The molecule has 1 N–H and O–H groups in total. The fourth-order valence-electron chi connectivity index (χ4n) is 2.84. The molecule has 3 rings (SSSR count). The van der Waals surface area contributed by atoms with Crippen molar-refractivity contribution in [2.75, 3.05) is 39.3 Å². The van der Waals surface area contributed by atoms with E-state index in [-0.39, 0.29) is 11.8 Å². The summed E-state index contributed by atoms with van der Waals surface area (Å²) in [6.07, 6.45) is 2.42. The number of aryl methyl sites for hydroxylation is 1. The number of aromatic nitrogens is 2. The molecule has 0 aliphatic carbocycles. The maximum absolute atomic E-state index is 12.4. The third-order valence-electron chi connectivity index (χ3n) is 4.34. The molecule has 3 heterocycles. The van der Waals surface area contributed by atoms with Gasteiger partial charge in [0.1, 0.15) is 0 Å². The van der Waals surface area contributed by atoms with Crippen molar-refractivity contribution in [1.29, 1.82) is 0 Å². The van der Waals surface area contributed by atoms with Crippen molar-refractivity contribution in [1.82, 2.24) is 25.3 Å². The SMILES string of the molecule is C=CCNC(=O)CN1CCN(C(=O)CCc2nc(-c3ccsc3)no2)CC1. The Morgan fingerprint density at radius 3 is 2.85 bits per heavy atom. The van der Waals surface area contributed by atoms with Gasteiger partial charge in [-0.15, -0.1) is 6.58 Å². The molecule has 9 heteroatoms. The Hall–Kier alpha value is -2.52. The van der Waals surface area contributed by atoms with Gasteiger partial charge in [0.25, 0.3) is 0 Å². The Kier molecular flexibility index (Phi) is 6.72. The van der Waals surface area contributed by atoms with Crippen LogP contribution in [0.15, 0.2) is 34.0 Å². The van der Waals surface area contributed by atoms with E-state index >= 15 is 0 Å². The number of piperazine rings is 1. The van der Waals surface area contributed by atoms with Crippen LogP contribution in [0.3, 0.4) is 0 Å². The summed E-state index contributed by atoms with van der Waals surface area (Å²) in [7, 11) is 0. The molecule has 0 unspecified atom stereocenters. The highest BCUT2D eigenvalue weighted by atomic mass is 32.1. The van der Waals surface area contributed by atoms with Crippen LogP contribution < -0.4 is 5.32 Å². The predicted molar refractivity (Wildman–Crippen MR) is 102 cm³/mol. The molecule has 0 bridgehead atoms. The molecule has 0 radical (unpaired) electrons. The maximum Gasteiger partial charge on any atom is 0.234 e. The average Bonchev–Trinajstić information content (AvgIpc) is 3.36. The molecule has 1 fully saturated rings. The topological polar surface area (TPSA) is 91.6 Å². The smallest absolute Gasteiger partial charge is 0.234 e. The van der Waals surface area contributed by atoms with E-state index in [0.29, 0.717) is 63.8 Å². The highest BCUT2D eigenvalue weighted by Gasteiger charge is 2.22. The van der Waals surface area contributed by atoms with Gasteiger partial charge in [0, 0.05) is 56.5 Å². The number of carbonyl (C=O) groups is 2. The summed E-state index contributed by atoms with van der Waals surface area (Å²) >= 11 is 1.57. The van der Waals surface area contributed by atoms with Gasteiger partial charge in [-0.25, -0.2) is 0 Å². The monoisotopic (exact) mass is 389 g/mol. The van der Waals surface area contributed by atoms with Gasteiger partial charge in [0.05, 0.1) is 6.54 Å². The molecule has 0 saturated carbocycles. The molecule has 2 aromatic rings. The molecule has 27 heavy (non-hydrogen) atoms. The Morgan fingerprint density at radius 2 is 2.15 bits per heavy atom. The number of thiophene rings is 1. The number of hydrogen-bond donors (Lipinski definition) is 1. The average molecular weight is 389 g/mol. The van der Waals surface area contributed by atoms with Crippen LogP contribution in [0.2, 0.25) is 0 Å². The molecule has 1 aliphatic rings. The molecule has 0 aromatic carbocycles. The molecule has 144 valence electrons. The van der Waals surface area contributed by atoms with Crippen LogP contribution in [-0.2, 0) is 16.0 Å². The minimum Gasteiger partial charge on any atom is -0.352 e. The van der Waals surface area contributed by atoms with Crippen LogP contribution in [0.5, 0.6) is 0 Å². The standard InChI is InChI=1S/C18H23N5O3S/c1-2-6-19-15(24)12-22-7-9-23(10-8-22)17(25)4-3-16-20-18(21-26-16)14-5-11-27-13-14/h2,5,11,13H,1,3-4,6-10,12H2,(H,19,24). The van der Waals surface area contributed by atoms with Gasteiger partial charge in [-0.2, -0.15) is 16.3 Å². The fourth-order valence-corrected chi connectivity index (χ4v) is 3.47. The van der Waals surface area contributed by atoms with Crippen molar-refractivity contribution in [3.8, 4) is 11.4 Å². The van der Waals surface area contributed by atoms with Crippen molar-refractivity contribution in [3.05, 3.63) is 35.4 Å². The summed E-state index contributed by atoms with van der Waals surface area (Å²) in [5, 5.41) is 10.6. The zero-order valence-electron chi connectivity index (χ0n) is 15.1. The summed E-state index contributed by atoms with van der Waals surface area (Å²) < 4.78 is 5.23. The van der Waals surface area contributed by atoms with Gasteiger partial charge in [0.15, 0.2) is 0 Å². The molecule has 1 aliphatic heterocycles. The molecule has 2 aromatic heterocycles. The third-order valence-corrected chi connectivity index (χ3v) is 5.02. The number of rotatable bonds is 8. The molecule has 2 amide bonds. The Morgan fingerprint density at radius 1 is 1.33 bits per heavy atom. The second kappa shape index (κ2) is 9.43. The normalized spacial score (nSPS) is 14.9. The van der Waals surface area contributed by atoms with Crippen LogP contribution in [0, 0.1) is 0 Å². The summed E-state index contributed by atoms with van der Waals surface area (Å²) in [4.78, 5) is 32.3. The molecule has 0 atom stereocenters. The predicted octanol–water partition coefficient (Wildman–Crippen LogP) is 1.18. The van der Waals surface area contributed by atoms with Crippen molar-refractivity contribution >= 4 is 23.2 Å². The lowest BCUT2D eigenvalue weighted by Crippen LogP contribution is -2.51. The van der Waals surface area contributed by atoms with E-state index in [2.05, 4.69) is 22.0 Å². The van der Waals surface area contributed by atoms with Crippen molar-refractivity contribution in [3.63, 3.8) is 0 Å². The van der Waals surface area contributed by atoms with Gasteiger partial charge >= 0.3 is 0 Å². The van der Waals surface area contributed by atoms with Crippen LogP contribution >= 0.6 is 11.3 Å². The maximum atomic E-state index is 12.4. The third kappa shape index (κ3) is 5.48. The lowest BCUT2D eigenvalue weighted by atomic mass is 10.2. The van der Waals surface area contributed by atoms with E-state index in [1.165, 1.54) is 0 Å². The van der Waals surface area contributed by atoms with Crippen molar-refractivity contribution in [2.45, 2.75) is 12.8 Å². The van der Waals surface area contributed by atoms with Gasteiger partial charge in [-0.3, -0.25) is 14.5 Å². The van der Waals surface area contributed by atoms with E-state index < -0.39 is 0 Å². The van der Waals surface area contributed by atoms with E-state index in [9.17, 15) is 9.59 Å². The first-order valence-corrected chi connectivity index (χ1v) is 9.83. The number of nitrogens with one attached hydrogen (secondary N) is 1.